The Morgan fingerprint density at radius 3 is 2.77 bits per heavy atom. The number of aromatic nitrogens is 4. The first-order valence-corrected chi connectivity index (χ1v) is 7.11. The smallest absolute Gasteiger partial charge is 0.167 e. The minimum Gasteiger partial charge on any atom is -0.386 e. The molecule has 2 aromatic rings. The molecule has 1 aliphatic carbocycles. The van der Waals surface area contributed by atoms with Gasteiger partial charge < -0.3 is 20.3 Å². The van der Waals surface area contributed by atoms with Gasteiger partial charge in [-0.1, -0.05) is 5.92 Å². The molecule has 8 heteroatoms. The first-order valence-electron chi connectivity index (χ1n) is 7.11. The molecule has 1 saturated heterocycles. The normalized spacial score (nSPS) is 31.3. The monoisotopic (exact) mass is 301 g/mol. The number of nitrogens with one attached hydrogen (secondary N) is 1. The van der Waals surface area contributed by atoms with Crippen molar-refractivity contribution in [3.63, 3.8) is 0 Å². The highest BCUT2D eigenvalue weighted by Gasteiger charge is 2.43. The van der Waals surface area contributed by atoms with Crippen LogP contribution < -0.4 is 5.32 Å². The fourth-order valence-corrected chi connectivity index (χ4v) is 2.59. The van der Waals surface area contributed by atoms with Crippen molar-refractivity contribution in [1.29, 1.82) is 0 Å². The predicted octanol–water partition coefficient (Wildman–Crippen LogP) is -0.347. The van der Waals surface area contributed by atoms with E-state index in [1.807, 2.05) is 0 Å². The van der Waals surface area contributed by atoms with Crippen molar-refractivity contribution in [1.82, 2.24) is 19.5 Å². The van der Waals surface area contributed by atoms with Gasteiger partial charge in [0, 0.05) is 6.04 Å². The Labute approximate surface area is 126 Å². The summed E-state index contributed by atoms with van der Waals surface area (Å²) in [6, 6.07) is 0.434. The topological polar surface area (TPSA) is 105 Å². The van der Waals surface area contributed by atoms with Crippen LogP contribution in [0.4, 0.5) is 5.82 Å². The van der Waals surface area contributed by atoms with E-state index in [9.17, 15) is 10.2 Å². The number of hydrogen-bond acceptors (Lipinski definition) is 7. The van der Waals surface area contributed by atoms with Crippen molar-refractivity contribution in [3.8, 4) is 12.3 Å². The molecular formula is C14H15N5O3. The molecule has 4 rings (SSSR count). The van der Waals surface area contributed by atoms with E-state index in [4.69, 9.17) is 11.2 Å². The second kappa shape index (κ2) is 4.91. The molecule has 8 nitrogen and oxygen atoms in total. The number of aliphatic hydroxyl groups is 2. The molecule has 3 heterocycles. The van der Waals surface area contributed by atoms with Crippen molar-refractivity contribution in [2.75, 3.05) is 5.32 Å². The summed E-state index contributed by atoms with van der Waals surface area (Å²) in [7, 11) is 0. The highest BCUT2D eigenvalue weighted by atomic mass is 16.6. The van der Waals surface area contributed by atoms with Crippen LogP contribution in [0.15, 0.2) is 12.7 Å². The van der Waals surface area contributed by atoms with Crippen LogP contribution in [0.2, 0.25) is 0 Å². The van der Waals surface area contributed by atoms with Crippen LogP contribution in [0.3, 0.4) is 0 Å². The number of terminal acetylenes is 1. The van der Waals surface area contributed by atoms with E-state index in [1.54, 1.807) is 4.57 Å². The standard InChI is InChI=1S/C14H15N5O3/c1-2-8-10(20)11(21)14(22-8)19-6-17-9-12(18-7-3-4-7)15-5-16-13(9)19/h1,5-8,10-11,14,20-21H,3-4H2,(H,15,16,18)/t8-,10-,11?,14?/m1/s1. The third kappa shape index (κ3) is 2.02. The zero-order valence-corrected chi connectivity index (χ0v) is 11.6. The molecule has 1 saturated carbocycles. The molecule has 1 aliphatic heterocycles. The van der Waals surface area contributed by atoms with E-state index in [-0.39, 0.29) is 0 Å². The summed E-state index contributed by atoms with van der Waals surface area (Å²) in [5, 5.41) is 23.3. The number of nitrogens with zero attached hydrogens (tertiary/aromatic N) is 4. The van der Waals surface area contributed by atoms with E-state index in [1.165, 1.54) is 12.7 Å². The van der Waals surface area contributed by atoms with Gasteiger partial charge in [0.1, 0.15) is 24.6 Å². The zero-order valence-electron chi connectivity index (χ0n) is 11.6. The van der Waals surface area contributed by atoms with Gasteiger partial charge in [-0.05, 0) is 12.8 Å². The molecule has 2 aromatic heterocycles. The Kier molecular flexibility index (Phi) is 3.00. The van der Waals surface area contributed by atoms with Crippen LogP contribution in [-0.2, 0) is 4.74 Å². The maximum atomic E-state index is 10.1. The van der Waals surface area contributed by atoms with Gasteiger partial charge in [-0.25, -0.2) is 15.0 Å². The molecule has 0 bridgehead atoms. The largest absolute Gasteiger partial charge is 0.386 e. The Bertz CT molecular complexity index is 751. The molecule has 0 radical (unpaired) electrons. The van der Waals surface area contributed by atoms with E-state index < -0.39 is 24.5 Å². The molecular weight excluding hydrogens is 286 g/mol. The molecule has 4 atom stereocenters. The average Bonchev–Trinajstić information content (AvgIpc) is 3.16. The van der Waals surface area contributed by atoms with Crippen LogP contribution in [0.25, 0.3) is 11.2 Å². The second-order valence-electron chi connectivity index (χ2n) is 5.56. The summed E-state index contributed by atoms with van der Waals surface area (Å²) >= 11 is 0. The van der Waals surface area contributed by atoms with Crippen molar-refractivity contribution in [2.24, 2.45) is 0 Å². The van der Waals surface area contributed by atoms with Crippen LogP contribution in [0.5, 0.6) is 0 Å². The lowest BCUT2D eigenvalue weighted by Gasteiger charge is -2.16. The number of aliphatic hydroxyl groups excluding tert-OH is 2. The van der Waals surface area contributed by atoms with Gasteiger partial charge >= 0.3 is 0 Å². The van der Waals surface area contributed by atoms with Crippen LogP contribution in [-0.4, -0.2) is 54.1 Å². The fraction of sp³-hybridized carbons (Fsp3) is 0.500. The number of hydrogen-bond donors (Lipinski definition) is 3. The molecule has 0 spiro atoms. The minimum absolute atomic E-state index is 0.434. The minimum atomic E-state index is -1.15. The molecule has 2 unspecified atom stereocenters. The molecule has 3 N–H and O–H groups in total. The molecule has 0 amide bonds. The summed E-state index contributed by atoms with van der Waals surface area (Å²) in [5.74, 6) is 2.98. The van der Waals surface area contributed by atoms with Gasteiger partial charge in [0.25, 0.3) is 0 Å². The lowest BCUT2D eigenvalue weighted by molar-refractivity contribution is -0.0230. The maximum absolute atomic E-state index is 10.1. The van der Waals surface area contributed by atoms with Crippen LogP contribution in [0.1, 0.15) is 19.1 Å². The Hall–Kier alpha value is -2.21. The second-order valence-corrected chi connectivity index (χ2v) is 5.56. The lowest BCUT2D eigenvalue weighted by Crippen LogP contribution is -2.30. The van der Waals surface area contributed by atoms with Crippen molar-refractivity contribution in [3.05, 3.63) is 12.7 Å². The third-order valence-electron chi connectivity index (χ3n) is 3.95. The SMILES string of the molecule is C#C[C@H]1OC(n2cnc3c(NC4CC4)ncnc32)C(O)[C@@H]1O. The van der Waals surface area contributed by atoms with Gasteiger partial charge in [-0.2, -0.15) is 0 Å². The van der Waals surface area contributed by atoms with Gasteiger partial charge in [0.05, 0.1) is 6.33 Å². The highest BCUT2D eigenvalue weighted by molar-refractivity contribution is 5.83. The summed E-state index contributed by atoms with van der Waals surface area (Å²) < 4.78 is 7.10. The molecule has 0 aromatic carbocycles. The van der Waals surface area contributed by atoms with Gasteiger partial charge in [-0.3, -0.25) is 4.57 Å². The quantitative estimate of drug-likeness (QED) is 0.666. The van der Waals surface area contributed by atoms with E-state index >= 15 is 0 Å². The molecule has 22 heavy (non-hydrogen) atoms. The van der Waals surface area contributed by atoms with Crippen LogP contribution >= 0.6 is 0 Å². The van der Waals surface area contributed by atoms with E-state index in [0.717, 1.165) is 12.8 Å². The number of anilines is 1. The molecule has 2 fully saturated rings. The Balaban J connectivity index is 1.72. The summed E-state index contributed by atoms with van der Waals surface area (Å²) in [6.45, 7) is 0. The third-order valence-corrected chi connectivity index (χ3v) is 3.95. The Morgan fingerprint density at radius 1 is 1.27 bits per heavy atom. The Morgan fingerprint density at radius 2 is 2.09 bits per heavy atom. The number of imidazole rings is 1. The molecule has 2 aliphatic rings. The first kappa shape index (κ1) is 13.5. The summed E-state index contributed by atoms with van der Waals surface area (Å²) in [5.41, 5.74) is 1.12. The van der Waals surface area contributed by atoms with E-state index in [0.29, 0.717) is 23.0 Å². The summed E-state index contributed by atoms with van der Waals surface area (Å²) in [6.07, 6.45) is 6.50. The fourth-order valence-electron chi connectivity index (χ4n) is 2.59. The highest BCUT2D eigenvalue weighted by Crippen LogP contribution is 2.32. The number of ether oxygens (including phenoxy) is 1. The number of fused-ring (bicyclic) bond motifs is 1. The van der Waals surface area contributed by atoms with Crippen LogP contribution in [0, 0.1) is 12.3 Å². The van der Waals surface area contributed by atoms with Gasteiger partial charge in [0.15, 0.2) is 23.2 Å². The molecule has 114 valence electrons. The average molecular weight is 301 g/mol. The van der Waals surface area contributed by atoms with Gasteiger partial charge in [0.2, 0.25) is 0 Å². The van der Waals surface area contributed by atoms with Crippen molar-refractivity contribution in [2.45, 2.75) is 43.4 Å². The predicted molar refractivity (Wildman–Crippen MR) is 76.7 cm³/mol. The lowest BCUT2D eigenvalue weighted by atomic mass is 10.1. The van der Waals surface area contributed by atoms with Gasteiger partial charge in [-0.15, -0.1) is 6.42 Å². The first-order chi connectivity index (χ1) is 10.7. The van der Waals surface area contributed by atoms with Crippen molar-refractivity contribution >= 4 is 17.0 Å². The number of rotatable bonds is 3. The zero-order chi connectivity index (χ0) is 15.3. The summed E-state index contributed by atoms with van der Waals surface area (Å²) in [4.78, 5) is 12.7. The maximum Gasteiger partial charge on any atom is 0.167 e. The van der Waals surface area contributed by atoms with Crippen molar-refractivity contribution < 1.29 is 14.9 Å². The van der Waals surface area contributed by atoms with E-state index in [2.05, 4.69) is 26.2 Å².